The Bertz CT molecular complexity index is 281. The van der Waals surface area contributed by atoms with Gasteiger partial charge in [0.25, 0.3) is 0 Å². The molecule has 0 radical (unpaired) electrons. The first-order valence-electron chi connectivity index (χ1n) is 4.77. The van der Waals surface area contributed by atoms with Crippen molar-refractivity contribution < 1.29 is 0 Å². The summed E-state index contributed by atoms with van der Waals surface area (Å²) in [7, 11) is 0. The van der Waals surface area contributed by atoms with Crippen molar-refractivity contribution in [2.24, 2.45) is 0 Å². The maximum Gasteiger partial charge on any atom is 0.0173 e. The van der Waals surface area contributed by atoms with E-state index in [9.17, 15) is 0 Å². The molecule has 1 aromatic rings. The molecule has 0 spiro atoms. The molecule has 1 aliphatic rings. The molecule has 0 saturated carbocycles. The Morgan fingerprint density at radius 1 is 1.54 bits per heavy atom. The molecule has 2 heteroatoms. The topological polar surface area (TPSA) is 12.0 Å². The van der Waals surface area contributed by atoms with E-state index >= 15 is 0 Å². The summed E-state index contributed by atoms with van der Waals surface area (Å²) in [5, 5.41) is 3.41. The third-order valence-corrected chi connectivity index (χ3v) is 3.52. The van der Waals surface area contributed by atoms with E-state index in [-0.39, 0.29) is 0 Å². The first-order chi connectivity index (χ1) is 6.34. The average molecular weight is 193 g/mol. The van der Waals surface area contributed by atoms with Gasteiger partial charge in [-0.15, -0.1) is 11.8 Å². The van der Waals surface area contributed by atoms with Gasteiger partial charge in [-0.3, -0.25) is 0 Å². The number of nitrogens with one attached hydrogen (secondary N) is 1. The lowest BCUT2D eigenvalue weighted by molar-refractivity contribution is 0.405. The summed E-state index contributed by atoms with van der Waals surface area (Å²) < 4.78 is 0. The van der Waals surface area contributed by atoms with Crippen molar-refractivity contribution in [3.63, 3.8) is 0 Å². The molecule has 1 unspecified atom stereocenters. The minimum absolute atomic E-state index is 0.755. The lowest BCUT2D eigenvalue weighted by Gasteiger charge is -2.27. The van der Waals surface area contributed by atoms with Crippen molar-refractivity contribution in [2.45, 2.75) is 24.3 Å². The molecule has 70 valence electrons. The molecule has 1 fully saturated rings. The minimum Gasteiger partial charge on any atom is -0.313 e. The molecule has 0 amide bonds. The Balaban J connectivity index is 1.86. The summed E-state index contributed by atoms with van der Waals surface area (Å²) in [4.78, 5) is 1.40. The Labute approximate surface area is 83.9 Å². The highest BCUT2D eigenvalue weighted by atomic mass is 32.2. The van der Waals surface area contributed by atoms with Crippen molar-refractivity contribution in [1.82, 2.24) is 5.32 Å². The molecule has 1 aromatic carbocycles. The van der Waals surface area contributed by atoms with Crippen LogP contribution in [0.3, 0.4) is 0 Å². The highest BCUT2D eigenvalue weighted by Crippen LogP contribution is 2.21. The molecular weight excluding hydrogens is 178 g/mol. The SMILES string of the molecule is Cc1cccc(SCC2CCN2)c1. The summed E-state index contributed by atoms with van der Waals surface area (Å²) >= 11 is 1.96. The zero-order valence-corrected chi connectivity index (χ0v) is 8.73. The standard InChI is InChI=1S/C11H15NS/c1-9-3-2-4-11(7-9)13-8-10-5-6-12-10/h2-4,7,10,12H,5-6,8H2,1H3. The normalized spacial score (nSPS) is 21.2. The van der Waals surface area contributed by atoms with Crippen LogP contribution >= 0.6 is 11.8 Å². The van der Waals surface area contributed by atoms with E-state index in [2.05, 4.69) is 36.5 Å². The van der Waals surface area contributed by atoms with Gasteiger partial charge in [0.15, 0.2) is 0 Å². The van der Waals surface area contributed by atoms with E-state index in [1.54, 1.807) is 0 Å². The van der Waals surface area contributed by atoms with E-state index in [0.717, 1.165) is 6.04 Å². The van der Waals surface area contributed by atoms with Crippen molar-refractivity contribution in [3.8, 4) is 0 Å². The van der Waals surface area contributed by atoms with Crippen LogP contribution in [0.2, 0.25) is 0 Å². The molecule has 1 N–H and O–H groups in total. The summed E-state index contributed by atoms with van der Waals surface area (Å²) in [6, 6.07) is 9.47. The van der Waals surface area contributed by atoms with Crippen LogP contribution in [0.5, 0.6) is 0 Å². The molecule has 1 atom stereocenters. The summed E-state index contributed by atoms with van der Waals surface area (Å²) in [6.07, 6.45) is 1.35. The fourth-order valence-corrected chi connectivity index (χ4v) is 2.51. The molecule has 1 heterocycles. The maximum atomic E-state index is 3.41. The largest absolute Gasteiger partial charge is 0.313 e. The van der Waals surface area contributed by atoms with E-state index in [1.807, 2.05) is 11.8 Å². The summed E-state index contributed by atoms with van der Waals surface area (Å²) in [5.74, 6) is 1.21. The molecule has 2 rings (SSSR count). The third kappa shape index (κ3) is 2.48. The Morgan fingerprint density at radius 3 is 3.00 bits per heavy atom. The van der Waals surface area contributed by atoms with Crippen LogP contribution in [-0.2, 0) is 0 Å². The third-order valence-electron chi connectivity index (χ3n) is 2.37. The summed E-state index contributed by atoms with van der Waals surface area (Å²) in [5.41, 5.74) is 1.35. The fourth-order valence-electron chi connectivity index (χ4n) is 1.39. The van der Waals surface area contributed by atoms with E-state index in [0.29, 0.717) is 0 Å². The van der Waals surface area contributed by atoms with Crippen molar-refractivity contribution in [2.75, 3.05) is 12.3 Å². The Hall–Kier alpha value is -0.470. The van der Waals surface area contributed by atoms with Crippen LogP contribution in [0.1, 0.15) is 12.0 Å². The first kappa shape index (κ1) is 9.10. The van der Waals surface area contributed by atoms with Crippen molar-refractivity contribution in [3.05, 3.63) is 29.8 Å². The number of aryl methyl sites for hydroxylation is 1. The number of benzene rings is 1. The second kappa shape index (κ2) is 4.16. The fraction of sp³-hybridized carbons (Fsp3) is 0.455. The predicted octanol–water partition coefficient (Wildman–Crippen LogP) is 2.45. The number of thioether (sulfide) groups is 1. The number of rotatable bonds is 3. The van der Waals surface area contributed by atoms with Gasteiger partial charge in [0.2, 0.25) is 0 Å². The van der Waals surface area contributed by atoms with Gasteiger partial charge >= 0.3 is 0 Å². The Morgan fingerprint density at radius 2 is 2.38 bits per heavy atom. The second-order valence-corrected chi connectivity index (χ2v) is 4.66. The van der Waals surface area contributed by atoms with Crippen LogP contribution < -0.4 is 5.32 Å². The molecule has 1 aliphatic heterocycles. The minimum atomic E-state index is 0.755. The lowest BCUT2D eigenvalue weighted by atomic mass is 10.1. The van der Waals surface area contributed by atoms with E-state index in [1.165, 1.54) is 29.2 Å². The van der Waals surface area contributed by atoms with Gasteiger partial charge < -0.3 is 5.32 Å². The van der Waals surface area contributed by atoms with Gasteiger partial charge in [0.1, 0.15) is 0 Å². The van der Waals surface area contributed by atoms with Gasteiger partial charge in [-0.05, 0) is 32.0 Å². The zero-order valence-electron chi connectivity index (χ0n) is 7.92. The molecule has 13 heavy (non-hydrogen) atoms. The van der Waals surface area contributed by atoms with E-state index in [4.69, 9.17) is 0 Å². The molecule has 0 bridgehead atoms. The van der Waals surface area contributed by atoms with Gasteiger partial charge in [0, 0.05) is 16.7 Å². The molecule has 0 aliphatic carbocycles. The van der Waals surface area contributed by atoms with Gasteiger partial charge in [-0.25, -0.2) is 0 Å². The quantitative estimate of drug-likeness (QED) is 0.740. The van der Waals surface area contributed by atoms with Crippen LogP contribution in [0.4, 0.5) is 0 Å². The van der Waals surface area contributed by atoms with Crippen molar-refractivity contribution in [1.29, 1.82) is 0 Å². The summed E-state index contributed by atoms with van der Waals surface area (Å²) in [6.45, 7) is 3.35. The van der Waals surface area contributed by atoms with Crippen molar-refractivity contribution >= 4 is 11.8 Å². The van der Waals surface area contributed by atoms with Crippen LogP contribution in [-0.4, -0.2) is 18.3 Å². The number of hydrogen-bond acceptors (Lipinski definition) is 2. The van der Waals surface area contributed by atoms with E-state index < -0.39 is 0 Å². The molecule has 1 nitrogen and oxygen atoms in total. The van der Waals surface area contributed by atoms with Crippen LogP contribution in [0.15, 0.2) is 29.2 Å². The maximum absolute atomic E-state index is 3.41. The highest BCUT2D eigenvalue weighted by molar-refractivity contribution is 7.99. The lowest BCUT2D eigenvalue weighted by Crippen LogP contribution is -2.44. The molecule has 1 saturated heterocycles. The monoisotopic (exact) mass is 193 g/mol. The van der Waals surface area contributed by atoms with Gasteiger partial charge in [0.05, 0.1) is 0 Å². The van der Waals surface area contributed by atoms with Gasteiger partial charge in [-0.1, -0.05) is 17.7 Å². The number of hydrogen-bond donors (Lipinski definition) is 1. The Kier molecular flexibility index (Phi) is 2.91. The second-order valence-electron chi connectivity index (χ2n) is 3.57. The average Bonchev–Trinajstić information content (AvgIpc) is 2.01. The van der Waals surface area contributed by atoms with Crippen LogP contribution in [0.25, 0.3) is 0 Å². The highest BCUT2D eigenvalue weighted by Gasteiger charge is 2.15. The van der Waals surface area contributed by atoms with Gasteiger partial charge in [-0.2, -0.15) is 0 Å². The first-order valence-corrected chi connectivity index (χ1v) is 5.76. The smallest absolute Gasteiger partial charge is 0.0173 e. The molecule has 0 aromatic heterocycles. The molecular formula is C11H15NS. The predicted molar refractivity (Wildman–Crippen MR) is 58.3 cm³/mol. The zero-order chi connectivity index (χ0) is 9.10. The van der Waals surface area contributed by atoms with Crippen LogP contribution in [0, 0.1) is 6.92 Å².